The molecule has 1 aromatic heterocycles. The summed E-state index contributed by atoms with van der Waals surface area (Å²) in [7, 11) is 0. The molecule has 0 spiro atoms. The van der Waals surface area contributed by atoms with E-state index < -0.39 is 0 Å². The van der Waals surface area contributed by atoms with E-state index >= 15 is 0 Å². The smallest absolute Gasteiger partial charge is 0.0907 e. The normalized spacial score (nSPS) is 14.1. The third-order valence-corrected chi connectivity index (χ3v) is 4.38. The summed E-state index contributed by atoms with van der Waals surface area (Å²) in [5.74, 6) is 0. The third kappa shape index (κ3) is 0.978. The van der Waals surface area contributed by atoms with E-state index in [1.807, 2.05) is 11.3 Å². The van der Waals surface area contributed by atoms with Gasteiger partial charge in [0.1, 0.15) is 0 Å². The van der Waals surface area contributed by atoms with E-state index in [0.717, 1.165) is 6.42 Å². The van der Waals surface area contributed by atoms with Crippen LogP contribution in [0.5, 0.6) is 0 Å². The van der Waals surface area contributed by atoms with E-state index in [1.165, 1.54) is 43.5 Å². The topological polar surface area (TPSA) is 12.9 Å². The van der Waals surface area contributed by atoms with Crippen LogP contribution < -0.4 is 0 Å². The van der Waals surface area contributed by atoms with Gasteiger partial charge in [0.15, 0.2) is 0 Å². The first-order valence-electron chi connectivity index (χ1n) is 5.63. The Morgan fingerprint density at radius 1 is 1.25 bits per heavy atom. The van der Waals surface area contributed by atoms with Crippen molar-refractivity contribution in [2.45, 2.75) is 19.8 Å². The highest BCUT2D eigenvalue weighted by Crippen LogP contribution is 2.37. The Bertz CT molecular complexity index is 724. The van der Waals surface area contributed by atoms with Crippen molar-refractivity contribution in [3.05, 3.63) is 40.4 Å². The van der Waals surface area contributed by atoms with E-state index in [2.05, 4.69) is 36.2 Å². The molecule has 0 aliphatic heterocycles. The van der Waals surface area contributed by atoms with Gasteiger partial charge in [-0.2, -0.15) is 0 Å². The summed E-state index contributed by atoms with van der Waals surface area (Å²) >= 11 is 1.81. The van der Waals surface area contributed by atoms with Crippen LogP contribution in [0.15, 0.2) is 24.3 Å². The van der Waals surface area contributed by atoms with Crippen molar-refractivity contribution in [2.24, 2.45) is 0 Å². The lowest BCUT2D eigenvalue weighted by Crippen LogP contribution is -1.82. The van der Waals surface area contributed by atoms with Gasteiger partial charge < -0.3 is 0 Å². The largest absolute Gasteiger partial charge is 0.241 e. The predicted octanol–water partition coefficient (Wildman–Crippen LogP) is 3.86. The van der Waals surface area contributed by atoms with Crippen LogP contribution in [0.2, 0.25) is 0 Å². The Hall–Kier alpha value is -1.41. The molecule has 78 valence electrons. The molecule has 0 saturated carbocycles. The molecule has 4 rings (SSSR count). The van der Waals surface area contributed by atoms with Gasteiger partial charge in [0.25, 0.3) is 0 Å². The highest BCUT2D eigenvalue weighted by atomic mass is 32.1. The molecule has 0 saturated heterocycles. The van der Waals surface area contributed by atoms with Gasteiger partial charge in [0.2, 0.25) is 0 Å². The van der Waals surface area contributed by atoms with Gasteiger partial charge in [0.05, 0.1) is 15.2 Å². The molecule has 0 unspecified atom stereocenters. The molecule has 0 amide bonds. The second-order valence-corrected chi connectivity index (χ2v) is 5.68. The van der Waals surface area contributed by atoms with Crippen LogP contribution in [0.4, 0.5) is 0 Å². The maximum atomic E-state index is 4.69. The van der Waals surface area contributed by atoms with Crippen molar-refractivity contribution >= 4 is 32.3 Å². The summed E-state index contributed by atoms with van der Waals surface area (Å²) in [6.45, 7) is 2.10. The monoisotopic (exact) mass is 225 g/mol. The van der Waals surface area contributed by atoms with Crippen molar-refractivity contribution < 1.29 is 0 Å². The lowest BCUT2D eigenvalue weighted by molar-refractivity contribution is 1.03. The number of hydrogen-bond donors (Lipinski definition) is 0. The average molecular weight is 225 g/mol. The SMILES string of the molecule is Cc1nc2c3c4c(cccc4cc2s1)CC3. The first-order chi connectivity index (χ1) is 7.83. The Kier molecular flexibility index (Phi) is 1.54. The molecule has 1 heterocycles. The molecule has 0 fully saturated rings. The average Bonchev–Trinajstić information content (AvgIpc) is 2.83. The molecule has 0 N–H and O–H groups in total. The number of hydrogen-bond acceptors (Lipinski definition) is 2. The summed E-state index contributed by atoms with van der Waals surface area (Å²) < 4.78 is 1.35. The number of fused-ring (bicyclic) bond motifs is 2. The number of thiazole rings is 1. The van der Waals surface area contributed by atoms with Crippen LogP contribution >= 0.6 is 11.3 Å². The van der Waals surface area contributed by atoms with Gasteiger partial charge in [-0.05, 0) is 47.7 Å². The Labute approximate surface area is 97.7 Å². The number of aryl methyl sites for hydroxylation is 3. The number of aromatic nitrogens is 1. The van der Waals surface area contributed by atoms with Crippen LogP contribution in [-0.2, 0) is 12.8 Å². The summed E-state index contributed by atoms with van der Waals surface area (Å²) in [6, 6.07) is 8.95. The van der Waals surface area contributed by atoms with Crippen LogP contribution in [-0.4, -0.2) is 4.98 Å². The summed E-state index contributed by atoms with van der Waals surface area (Å²) in [6.07, 6.45) is 2.35. The van der Waals surface area contributed by atoms with E-state index in [4.69, 9.17) is 0 Å². The highest BCUT2D eigenvalue weighted by Gasteiger charge is 2.18. The molecule has 0 atom stereocenters. The number of nitrogens with zero attached hydrogens (tertiary/aromatic N) is 1. The lowest BCUT2D eigenvalue weighted by Gasteiger charge is -2.01. The number of benzene rings is 2. The zero-order chi connectivity index (χ0) is 10.7. The van der Waals surface area contributed by atoms with Crippen molar-refractivity contribution in [1.29, 1.82) is 0 Å². The van der Waals surface area contributed by atoms with E-state index in [9.17, 15) is 0 Å². The van der Waals surface area contributed by atoms with Gasteiger partial charge in [-0.15, -0.1) is 11.3 Å². The van der Waals surface area contributed by atoms with Gasteiger partial charge in [0, 0.05) is 0 Å². The molecule has 2 heteroatoms. The maximum Gasteiger partial charge on any atom is 0.0907 e. The van der Waals surface area contributed by atoms with Crippen molar-refractivity contribution in [2.75, 3.05) is 0 Å². The van der Waals surface area contributed by atoms with Crippen LogP contribution in [0, 0.1) is 6.92 Å². The molecule has 3 aromatic rings. The van der Waals surface area contributed by atoms with Crippen LogP contribution in [0.25, 0.3) is 21.0 Å². The molecule has 2 aromatic carbocycles. The molecule has 16 heavy (non-hydrogen) atoms. The first kappa shape index (κ1) is 8.71. The molecule has 0 bridgehead atoms. The minimum Gasteiger partial charge on any atom is -0.241 e. The summed E-state index contributed by atoms with van der Waals surface area (Å²) in [5, 5.41) is 4.04. The highest BCUT2D eigenvalue weighted by molar-refractivity contribution is 7.18. The van der Waals surface area contributed by atoms with Gasteiger partial charge in [-0.25, -0.2) is 4.98 Å². The number of rotatable bonds is 0. The fourth-order valence-electron chi connectivity index (χ4n) is 2.84. The lowest BCUT2D eigenvalue weighted by atomic mass is 10.0. The fourth-order valence-corrected chi connectivity index (χ4v) is 3.74. The molecular formula is C14H11NS. The zero-order valence-electron chi connectivity index (χ0n) is 9.08. The van der Waals surface area contributed by atoms with Gasteiger partial charge in [-0.1, -0.05) is 18.2 Å². The summed E-state index contributed by atoms with van der Waals surface area (Å²) in [5.41, 5.74) is 4.23. The fraction of sp³-hybridized carbons (Fsp3) is 0.214. The minimum atomic E-state index is 1.16. The van der Waals surface area contributed by atoms with E-state index in [1.54, 1.807) is 0 Å². The molecular weight excluding hydrogens is 214 g/mol. The zero-order valence-corrected chi connectivity index (χ0v) is 9.90. The second-order valence-electron chi connectivity index (χ2n) is 4.45. The van der Waals surface area contributed by atoms with E-state index in [-0.39, 0.29) is 0 Å². The second kappa shape index (κ2) is 2.83. The Balaban J connectivity index is 2.32. The molecule has 1 nitrogen and oxygen atoms in total. The Morgan fingerprint density at radius 2 is 2.19 bits per heavy atom. The first-order valence-corrected chi connectivity index (χ1v) is 6.45. The third-order valence-electron chi connectivity index (χ3n) is 3.46. The minimum absolute atomic E-state index is 1.16. The van der Waals surface area contributed by atoms with Crippen molar-refractivity contribution in [3.63, 3.8) is 0 Å². The molecule has 1 aliphatic carbocycles. The van der Waals surface area contributed by atoms with Crippen LogP contribution in [0.1, 0.15) is 16.1 Å². The quantitative estimate of drug-likeness (QED) is 0.566. The maximum absolute atomic E-state index is 4.69. The van der Waals surface area contributed by atoms with Crippen LogP contribution in [0.3, 0.4) is 0 Å². The molecule has 1 aliphatic rings. The van der Waals surface area contributed by atoms with Crippen molar-refractivity contribution in [3.8, 4) is 0 Å². The molecule has 0 radical (unpaired) electrons. The Morgan fingerprint density at radius 3 is 3.12 bits per heavy atom. The standard InChI is InChI=1S/C14H11NS/c1-8-15-14-11-6-5-9-3-2-4-10(13(9)11)7-12(14)16-8/h2-4,7H,5-6H2,1H3. The summed E-state index contributed by atoms with van der Waals surface area (Å²) in [4.78, 5) is 4.69. The van der Waals surface area contributed by atoms with Gasteiger partial charge >= 0.3 is 0 Å². The predicted molar refractivity (Wildman–Crippen MR) is 69.3 cm³/mol. The van der Waals surface area contributed by atoms with E-state index in [0.29, 0.717) is 0 Å². The van der Waals surface area contributed by atoms with Crippen molar-refractivity contribution in [1.82, 2.24) is 4.98 Å². The van der Waals surface area contributed by atoms with Gasteiger partial charge in [-0.3, -0.25) is 0 Å².